The molecule has 0 aliphatic carbocycles. The van der Waals surface area contributed by atoms with Gasteiger partial charge in [-0.25, -0.2) is 0 Å². The molecule has 86 valence electrons. The summed E-state index contributed by atoms with van der Waals surface area (Å²) in [6.45, 7) is 6.05. The van der Waals surface area contributed by atoms with Crippen molar-refractivity contribution in [2.75, 3.05) is 13.2 Å². The highest BCUT2D eigenvalue weighted by Crippen LogP contribution is 2.31. The maximum atomic E-state index is 8.48. The molecule has 1 fully saturated rings. The zero-order valence-corrected chi connectivity index (χ0v) is 9.88. The molecule has 0 aromatic carbocycles. The van der Waals surface area contributed by atoms with Gasteiger partial charge in [0.2, 0.25) is 0 Å². The molecule has 3 heteroatoms. The molecule has 1 heterocycles. The fraction of sp³-hybridized carbons (Fsp3) is 0.917. The average molecular weight is 210 g/mol. The van der Waals surface area contributed by atoms with Gasteiger partial charge in [-0.1, -0.05) is 13.8 Å². The van der Waals surface area contributed by atoms with Gasteiger partial charge in [0.25, 0.3) is 0 Å². The Balaban J connectivity index is 2.38. The van der Waals surface area contributed by atoms with Crippen molar-refractivity contribution in [2.24, 2.45) is 0 Å². The first-order chi connectivity index (χ1) is 7.26. The van der Waals surface area contributed by atoms with Crippen LogP contribution in [-0.4, -0.2) is 24.8 Å². The standard InChI is InChI=1S/C12H22N2O/c1-3-12(4-2)10-11(6-9-15-12)14-8-5-7-13/h11,14H,3-6,8-10H2,1-2H3. The number of ether oxygens (including phenoxy) is 1. The van der Waals surface area contributed by atoms with Crippen LogP contribution in [0.25, 0.3) is 0 Å². The highest BCUT2D eigenvalue weighted by Gasteiger charge is 2.33. The van der Waals surface area contributed by atoms with Crippen molar-refractivity contribution < 1.29 is 4.74 Å². The van der Waals surface area contributed by atoms with Crippen molar-refractivity contribution in [2.45, 2.75) is 57.6 Å². The van der Waals surface area contributed by atoms with Crippen LogP contribution in [0.15, 0.2) is 0 Å². The zero-order valence-electron chi connectivity index (χ0n) is 9.88. The molecule has 3 nitrogen and oxygen atoms in total. The lowest BCUT2D eigenvalue weighted by molar-refractivity contribution is -0.0928. The van der Waals surface area contributed by atoms with Crippen LogP contribution in [0, 0.1) is 11.3 Å². The van der Waals surface area contributed by atoms with Crippen LogP contribution < -0.4 is 5.32 Å². The minimum absolute atomic E-state index is 0.0859. The Morgan fingerprint density at radius 2 is 2.20 bits per heavy atom. The lowest BCUT2D eigenvalue weighted by Gasteiger charge is -2.40. The van der Waals surface area contributed by atoms with E-state index in [0.29, 0.717) is 12.5 Å². The predicted octanol–water partition coefficient (Wildman–Crippen LogP) is 2.23. The number of hydrogen-bond donors (Lipinski definition) is 1. The van der Waals surface area contributed by atoms with Crippen LogP contribution in [0.5, 0.6) is 0 Å². The Bertz CT molecular complexity index is 218. The first-order valence-corrected chi connectivity index (χ1v) is 6.00. The monoisotopic (exact) mass is 210 g/mol. The summed E-state index contributed by atoms with van der Waals surface area (Å²) in [6, 6.07) is 2.70. The smallest absolute Gasteiger partial charge is 0.0692 e. The molecule has 0 amide bonds. The molecule has 1 rings (SSSR count). The largest absolute Gasteiger partial charge is 0.375 e. The molecular weight excluding hydrogens is 188 g/mol. The van der Waals surface area contributed by atoms with E-state index in [1.807, 2.05) is 0 Å². The summed E-state index contributed by atoms with van der Waals surface area (Å²) in [5, 5.41) is 11.9. The van der Waals surface area contributed by atoms with Gasteiger partial charge in [-0.15, -0.1) is 0 Å². The summed E-state index contributed by atoms with van der Waals surface area (Å²) < 4.78 is 5.90. The Kier molecular flexibility index (Phi) is 5.07. The van der Waals surface area contributed by atoms with Crippen molar-refractivity contribution in [3.8, 4) is 6.07 Å². The second-order valence-corrected chi connectivity index (χ2v) is 4.29. The van der Waals surface area contributed by atoms with Crippen LogP contribution in [-0.2, 0) is 4.74 Å². The van der Waals surface area contributed by atoms with Crippen molar-refractivity contribution >= 4 is 0 Å². The minimum Gasteiger partial charge on any atom is -0.375 e. The van der Waals surface area contributed by atoms with E-state index in [1.165, 1.54) is 0 Å². The topological polar surface area (TPSA) is 45.0 Å². The number of nitriles is 1. The van der Waals surface area contributed by atoms with E-state index in [2.05, 4.69) is 25.2 Å². The Morgan fingerprint density at radius 3 is 2.80 bits per heavy atom. The molecule has 1 saturated heterocycles. The number of nitrogens with one attached hydrogen (secondary N) is 1. The summed E-state index contributed by atoms with van der Waals surface area (Å²) in [4.78, 5) is 0. The number of nitrogens with zero attached hydrogens (tertiary/aromatic N) is 1. The third-order valence-corrected chi connectivity index (χ3v) is 3.45. The number of rotatable bonds is 5. The summed E-state index contributed by atoms with van der Waals surface area (Å²) in [5.74, 6) is 0. The summed E-state index contributed by atoms with van der Waals surface area (Å²) in [6.07, 6.45) is 4.93. The molecule has 1 unspecified atom stereocenters. The van der Waals surface area contributed by atoms with Gasteiger partial charge in [-0.3, -0.25) is 0 Å². The Morgan fingerprint density at radius 1 is 1.47 bits per heavy atom. The molecule has 1 atom stereocenters. The van der Waals surface area contributed by atoms with Gasteiger partial charge in [0.1, 0.15) is 0 Å². The third kappa shape index (κ3) is 3.48. The molecule has 0 aromatic rings. The second kappa shape index (κ2) is 6.09. The zero-order chi connectivity index (χ0) is 11.1. The van der Waals surface area contributed by atoms with Crippen LogP contribution in [0.2, 0.25) is 0 Å². The van der Waals surface area contributed by atoms with E-state index in [-0.39, 0.29) is 5.60 Å². The van der Waals surface area contributed by atoms with Gasteiger partial charge in [0.15, 0.2) is 0 Å². The fourth-order valence-corrected chi connectivity index (χ4v) is 2.28. The van der Waals surface area contributed by atoms with Gasteiger partial charge in [0.05, 0.1) is 11.7 Å². The van der Waals surface area contributed by atoms with Gasteiger partial charge >= 0.3 is 0 Å². The predicted molar refractivity (Wildman–Crippen MR) is 60.5 cm³/mol. The van der Waals surface area contributed by atoms with Crippen LogP contribution in [0.4, 0.5) is 0 Å². The normalized spacial score (nSPS) is 24.7. The van der Waals surface area contributed by atoms with Crippen molar-refractivity contribution in [1.29, 1.82) is 5.26 Å². The molecule has 0 spiro atoms. The van der Waals surface area contributed by atoms with Crippen LogP contribution in [0.3, 0.4) is 0 Å². The van der Waals surface area contributed by atoms with E-state index in [0.717, 1.165) is 38.8 Å². The maximum absolute atomic E-state index is 8.48. The van der Waals surface area contributed by atoms with Crippen LogP contribution >= 0.6 is 0 Å². The molecule has 0 aromatic heterocycles. The van der Waals surface area contributed by atoms with Crippen molar-refractivity contribution in [1.82, 2.24) is 5.32 Å². The van der Waals surface area contributed by atoms with Crippen molar-refractivity contribution in [3.05, 3.63) is 0 Å². The maximum Gasteiger partial charge on any atom is 0.0692 e. The first-order valence-electron chi connectivity index (χ1n) is 6.00. The SMILES string of the molecule is CCC1(CC)CC(NCCC#N)CCO1. The first kappa shape index (κ1) is 12.5. The van der Waals surface area contributed by atoms with Gasteiger partial charge < -0.3 is 10.1 Å². The van der Waals surface area contributed by atoms with E-state index in [4.69, 9.17) is 10.00 Å². The molecule has 15 heavy (non-hydrogen) atoms. The quantitative estimate of drug-likeness (QED) is 0.708. The summed E-state index contributed by atoms with van der Waals surface area (Å²) >= 11 is 0. The molecule has 0 bridgehead atoms. The van der Waals surface area contributed by atoms with Gasteiger partial charge in [-0.05, 0) is 25.7 Å². The van der Waals surface area contributed by atoms with E-state index in [9.17, 15) is 0 Å². The van der Waals surface area contributed by atoms with Gasteiger partial charge in [-0.2, -0.15) is 5.26 Å². The summed E-state index contributed by atoms with van der Waals surface area (Å²) in [7, 11) is 0. The molecule has 0 radical (unpaired) electrons. The molecule has 0 saturated carbocycles. The lowest BCUT2D eigenvalue weighted by atomic mass is 9.86. The van der Waals surface area contributed by atoms with Crippen LogP contribution in [0.1, 0.15) is 46.0 Å². The highest BCUT2D eigenvalue weighted by atomic mass is 16.5. The number of hydrogen-bond acceptors (Lipinski definition) is 3. The Hall–Kier alpha value is -0.590. The van der Waals surface area contributed by atoms with E-state index < -0.39 is 0 Å². The average Bonchev–Trinajstić information content (AvgIpc) is 2.30. The van der Waals surface area contributed by atoms with Gasteiger partial charge in [0, 0.05) is 25.6 Å². The summed E-state index contributed by atoms with van der Waals surface area (Å²) in [5.41, 5.74) is 0.0859. The molecule has 1 aliphatic rings. The third-order valence-electron chi connectivity index (χ3n) is 3.45. The van der Waals surface area contributed by atoms with E-state index >= 15 is 0 Å². The van der Waals surface area contributed by atoms with Crippen molar-refractivity contribution in [3.63, 3.8) is 0 Å². The second-order valence-electron chi connectivity index (χ2n) is 4.29. The molecule has 1 N–H and O–H groups in total. The molecule has 1 aliphatic heterocycles. The highest BCUT2D eigenvalue weighted by molar-refractivity contribution is 4.88. The molecular formula is C12H22N2O. The lowest BCUT2D eigenvalue weighted by Crippen LogP contribution is -2.46. The fourth-order valence-electron chi connectivity index (χ4n) is 2.28. The van der Waals surface area contributed by atoms with E-state index in [1.54, 1.807) is 0 Å². The Labute approximate surface area is 92.8 Å². The minimum atomic E-state index is 0.0859.